The summed E-state index contributed by atoms with van der Waals surface area (Å²) in [4.78, 5) is 27.7. The fraction of sp³-hybridized carbons (Fsp3) is 0.130. The lowest BCUT2D eigenvalue weighted by Crippen LogP contribution is -2.31. The van der Waals surface area contributed by atoms with Gasteiger partial charge in [-0.25, -0.2) is 0 Å². The summed E-state index contributed by atoms with van der Waals surface area (Å²) in [6, 6.07) is 17.7. The summed E-state index contributed by atoms with van der Waals surface area (Å²) in [6.07, 6.45) is 1.50. The minimum Gasteiger partial charge on any atom is -0.497 e. The predicted molar refractivity (Wildman–Crippen MR) is 111 cm³/mol. The number of imide groups is 1. The number of ether oxygens (including phenoxy) is 2. The molecule has 0 unspecified atom stereocenters. The molecule has 1 N–H and O–H groups in total. The standard InChI is InChI=1S/C23H20N2O5/c1-28-16-8-5-7-15(13-16)24-21-20(18-10-3-4-11-19(18)29-2)22(26)25(23(21)27)14-17-9-6-12-30-17/h3-13,24H,14H2,1-2H3. The van der Waals surface area contributed by atoms with E-state index in [1.165, 1.54) is 13.4 Å². The average molecular weight is 404 g/mol. The Hall–Kier alpha value is -4.00. The lowest BCUT2D eigenvalue weighted by molar-refractivity contribution is -0.137. The van der Waals surface area contributed by atoms with Crippen LogP contribution in [0.3, 0.4) is 0 Å². The monoisotopic (exact) mass is 404 g/mol. The zero-order valence-corrected chi connectivity index (χ0v) is 16.5. The van der Waals surface area contributed by atoms with Crippen molar-refractivity contribution in [3.05, 3.63) is 83.9 Å². The van der Waals surface area contributed by atoms with E-state index in [2.05, 4.69) is 5.32 Å². The molecule has 2 heterocycles. The maximum Gasteiger partial charge on any atom is 0.278 e. The average Bonchev–Trinajstić information content (AvgIpc) is 3.37. The summed E-state index contributed by atoms with van der Waals surface area (Å²) in [7, 11) is 3.09. The van der Waals surface area contributed by atoms with Gasteiger partial charge in [0.1, 0.15) is 23.0 Å². The van der Waals surface area contributed by atoms with E-state index in [0.717, 1.165) is 4.90 Å². The summed E-state index contributed by atoms with van der Waals surface area (Å²) >= 11 is 0. The first-order chi connectivity index (χ1) is 14.6. The Balaban J connectivity index is 1.79. The molecular formula is C23H20N2O5. The zero-order chi connectivity index (χ0) is 21.1. The Labute approximate surface area is 173 Å². The van der Waals surface area contributed by atoms with Gasteiger partial charge in [0.15, 0.2) is 0 Å². The number of benzene rings is 2. The Kier molecular flexibility index (Phi) is 5.26. The molecule has 0 radical (unpaired) electrons. The number of hydrogen-bond acceptors (Lipinski definition) is 6. The molecule has 2 aromatic carbocycles. The topological polar surface area (TPSA) is 81.0 Å². The fourth-order valence-electron chi connectivity index (χ4n) is 3.34. The van der Waals surface area contributed by atoms with Gasteiger partial charge in [0.2, 0.25) is 0 Å². The number of para-hydroxylation sites is 1. The Bertz CT molecular complexity index is 1120. The summed E-state index contributed by atoms with van der Waals surface area (Å²) in [5.41, 5.74) is 1.57. The second kappa shape index (κ2) is 8.16. The molecule has 2 amide bonds. The highest BCUT2D eigenvalue weighted by molar-refractivity contribution is 6.36. The second-order valence-corrected chi connectivity index (χ2v) is 6.58. The number of carbonyl (C=O) groups excluding carboxylic acids is 2. The quantitative estimate of drug-likeness (QED) is 0.605. The van der Waals surface area contributed by atoms with Crippen molar-refractivity contribution in [1.29, 1.82) is 0 Å². The second-order valence-electron chi connectivity index (χ2n) is 6.58. The van der Waals surface area contributed by atoms with Crippen molar-refractivity contribution in [2.24, 2.45) is 0 Å². The maximum absolute atomic E-state index is 13.3. The normalized spacial score (nSPS) is 13.7. The third-order valence-corrected chi connectivity index (χ3v) is 4.78. The summed E-state index contributed by atoms with van der Waals surface area (Å²) < 4.78 is 16.0. The minimum atomic E-state index is -0.444. The van der Waals surface area contributed by atoms with Crippen LogP contribution in [0.5, 0.6) is 11.5 Å². The number of anilines is 1. The van der Waals surface area contributed by atoms with E-state index < -0.39 is 11.8 Å². The number of nitrogens with zero attached hydrogens (tertiary/aromatic N) is 1. The Morgan fingerprint density at radius 2 is 1.77 bits per heavy atom. The third-order valence-electron chi connectivity index (χ3n) is 4.78. The molecule has 0 saturated carbocycles. The molecule has 7 heteroatoms. The summed E-state index contributed by atoms with van der Waals surface area (Å²) in [5.74, 6) is 0.771. The van der Waals surface area contributed by atoms with Crippen LogP contribution in [-0.4, -0.2) is 30.9 Å². The molecular weight excluding hydrogens is 384 g/mol. The predicted octanol–water partition coefficient (Wildman–Crippen LogP) is 3.69. The smallest absolute Gasteiger partial charge is 0.278 e. The molecule has 0 spiro atoms. The Morgan fingerprint density at radius 3 is 2.50 bits per heavy atom. The van der Waals surface area contributed by atoms with Crippen LogP contribution >= 0.6 is 0 Å². The fourth-order valence-corrected chi connectivity index (χ4v) is 3.34. The van der Waals surface area contributed by atoms with Crippen molar-refractivity contribution in [2.75, 3.05) is 19.5 Å². The van der Waals surface area contributed by atoms with Crippen molar-refractivity contribution >= 4 is 23.1 Å². The molecule has 1 aliphatic heterocycles. The zero-order valence-electron chi connectivity index (χ0n) is 16.5. The van der Waals surface area contributed by atoms with Crippen LogP contribution < -0.4 is 14.8 Å². The van der Waals surface area contributed by atoms with Gasteiger partial charge < -0.3 is 19.2 Å². The first-order valence-electron chi connectivity index (χ1n) is 9.29. The van der Waals surface area contributed by atoms with Crippen LogP contribution in [0.2, 0.25) is 0 Å². The third kappa shape index (κ3) is 3.53. The minimum absolute atomic E-state index is 0.0343. The highest BCUT2D eigenvalue weighted by atomic mass is 16.5. The number of rotatable bonds is 7. The van der Waals surface area contributed by atoms with Crippen molar-refractivity contribution in [3.8, 4) is 11.5 Å². The van der Waals surface area contributed by atoms with Crippen molar-refractivity contribution < 1.29 is 23.5 Å². The van der Waals surface area contributed by atoms with E-state index in [1.54, 1.807) is 67.8 Å². The van der Waals surface area contributed by atoms with Crippen LogP contribution in [0.25, 0.3) is 5.57 Å². The molecule has 7 nitrogen and oxygen atoms in total. The first kappa shape index (κ1) is 19.3. The molecule has 3 aromatic rings. The first-order valence-corrected chi connectivity index (χ1v) is 9.29. The number of carbonyl (C=O) groups is 2. The molecule has 1 aromatic heterocycles. The van der Waals surface area contributed by atoms with Gasteiger partial charge in [-0.1, -0.05) is 24.3 Å². The van der Waals surface area contributed by atoms with Crippen molar-refractivity contribution in [2.45, 2.75) is 6.54 Å². The number of methoxy groups -OCH3 is 2. The van der Waals surface area contributed by atoms with Gasteiger partial charge in [0.25, 0.3) is 11.8 Å². The largest absolute Gasteiger partial charge is 0.497 e. The summed E-state index contributed by atoms with van der Waals surface area (Å²) in [6.45, 7) is 0.0343. The molecule has 152 valence electrons. The number of furan rings is 1. The molecule has 0 fully saturated rings. The van der Waals surface area contributed by atoms with Gasteiger partial charge in [0, 0.05) is 17.3 Å². The van der Waals surface area contributed by atoms with Gasteiger partial charge in [-0.3, -0.25) is 14.5 Å². The van der Waals surface area contributed by atoms with Crippen LogP contribution in [0.15, 0.2) is 77.0 Å². The lowest BCUT2D eigenvalue weighted by Gasteiger charge is -2.14. The van der Waals surface area contributed by atoms with Gasteiger partial charge in [-0.05, 0) is 30.3 Å². The van der Waals surface area contributed by atoms with E-state index in [4.69, 9.17) is 13.9 Å². The molecule has 1 aliphatic rings. The van der Waals surface area contributed by atoms with E-state index in [1.807, 2.05) is 0 Å². The molecule has 0 aliphatic carbocycles. The highest BCUT2D eigenvalue weighted by Crippen LogP contribution is 2.36. The van der Waals surface area contributed by atoms with E-state index in [-0.39, 0.29) is 17.8 Å². The van der Waals surface area contributed by atoms with Crippen LogP contribution in [0, 0.1) is 0 Å². The number of amides is 2. The Morgan fingerprint density at radius 1 is 0.933 bits per heavy atom. The SMILES string of the molecule is COc1cccc(NC2=C(c3ccccc3OC)C(=O)N(Cc3ccco3)C2=O)c1. The van der Waals surface area contributed by atoms with Gasteiger partial charge in [-0.2, -0.15) is 0 Å². The molecule has 4 rings (SSSR count). The highest BCUT2D eigenvalue weighted by Gasteiger charge is 2.40. The molecule has 0 atom stereocenters. The maximum atomic E-state index is 13.3. The molecule has 0 bridgehead atoms. The van der Waals surface area contributed by atoms with Gasteiger partial charge in [0.05, 0.1) is 32.6 Å². The van der Waals surface area contributed by atoms with Gasteiger partial charge in [-0.15, -0.1) is 0 Å². The number of nitrogens with one attached hydrogen (secondary N) is 1. The van der Waals surface area contributed by atoms with Crippen LogP contribution in [0.4, 0.5) is 5.69 Å². The number of hydrogen-bond donors (Lipinski definition) is 1. The molecule has 0 saturated heterocycles. The molecule has 30 heavy (non-hydrogen) atoms. The lowest BCUT2D eigenvalue weighted by atomic mass is 10.0. The van der Waals surface area contributed by atoms with E-state index in [9.17, 15) is 9.59 Å². The van der Waals surface area contributed by atoms with Crippen LogP contribution in [0.1, 0.15) is 11.3 Å². The van der Waals surface area contributed by atoms with Crippen molar-refractivity contribution in [1.82, 2.24) is 4.90 Å². The van der Waals surface area contributed by atoms with Crippen molar-refractivity contribution in [3.63, 3.8) is 0 Å². The van der Waals surface area contributed by atoms with Crippen LogP contribution in [-0.2, 0) is 16.1 Å². The van der Waals surface area contributed by atoms with E-state index in [0.29, 0.717) is 28.5 Å². The van der Waals surface area contributed by atoms with E-state index >= 15 is 0 Å². The summed E-state index contributed by atoms with van der Waals surface area (Å²) in [5, 5.41) is 3.11. The van der Waals surface area contributed by atoms with Gasteiger partial charge >= 0.3 is 0 Å².